The Morgan fingerprint density at radius 3 is 2.35 bits per heavy atom. The second-order valence-electron chi connectivity index (χ2n) is 3.99. The van der Waals surface area contributed by atoms with Crippen LogP contribution < -0.4 is 10.3 Å². The predicted molar refractivity (Wildman–Crippen MR) is 70.6 cm³/mol. The summed E-state index contributed by atoms with van der Waals surface area (Å²) in [6.45, 7) is 1.53. The van der Waals surface area contributed by atoms with E-state index in [1.165, 1.54) is 14.0 Å². The fourth-order valence-electron chi connectivity index (χ4n) is 1.74. The second kappa shape index (κ2) is 5.25. The maximum absolute atomic E-state index is 12.2. The van der Waals surface area contributed by atoms with Crippen LogP contribution >= 0.6 is 0 Å². The van der Waals surface area contributed by atoms with Crippen LogP contribution in [0.5, 0.6) is 5.75 Å². The lowest BCUT2D eigenvalue weighted by Gasteiger charge is -2.08. The van der Waals surface area contributed by atoms with Crippen molar-refractivity contribution in [3.8, 4) is 23.6 Å². The van der Waals surface area contributed by atoms with Crippen molar-refractivity contribution in [1.29, 1.82) is 10.5 Å². The van der Waals surface area contributed by atoms with E-state index in [1.807, 2.05) is 12.1 Å². The van der Waals surface area contributed by atoms with Crippen LogP contribution in [0.2, 0.25) is 0 Å². The Labute approximate surface area is 115 Å². The zero-order valence-electron chi connectivity index (χ0n) is 10.9. The van der Waals surface area contributed by atoms with Gasteiger partial charge in [0.2, 0.25) is 0 Å². The standard InChI is InChI=1S/C14H10N4O2/c1-9-12(7-15)14(19)18(17-13(9)8-16)10-3-5-11(20-2)6-4-10/h3-6H,1-2H3. The van der Waals surface area contributed by atoms with Gasteiger partial charge in [-0.1, -0.05) is 0 Å². The van der Waals surface area contributed by atoms with E-state index < -0.39 is 5.56 Å². The highest BCUT2D eigenvalue weighted by molar-refractivity contribution is 5.44. The monoisotopic (exact) mass is 266 g/mol. The molecule has 1 aromatic carbocycles. The van der Waals surface area contributed by atoms with Crippen LogP contribution in [0.4, 0.5) is 0 Å². The average Bonchev–Trinajstić information content (AvgIpc) is 2.48. The van der Waals surface area contributed by atoms with Gasteiger partial charge in [-0.15, -0.1) is 0 Å². The van der Waals surface area contributed by atoms with Gasteiger partial charge in [0.05, 0.1) is 12.8 Å². The molecule has 0 saturated heterocycles. The van der Waals surface area contributed by atoms with Crippen molar-refractivity contribution in [3.05, 3.63) is 51.4 Å². The Morgan fingerprint density at radius 1 is 1.20 bits per heavy atom. The van der Waals surface area contributed by atoms with Crippen LogP contribution in [0.3, 0.4) is 0 Å². The van der Waals surface area contributed by atoms with Crippen LogP contribution in [-0.4, -0.2) is 16.9 Å². The minimum absolute atomic E-state index is 0.0527. The summed E-state index contributed by atoms with van der Waals surface area (Å²) in [5, 5.41) is 22.1. The van der Waals surface area contributed by atoms with E-state index in [4.69, 9.17) is 15.3 Å². The molecule has 0 aliphatic heterocycles. The molecule has 0 bridgehead atoms. The highest BCUT2D eigenvalue weighted by Crippen LogP contribution is 2.14. The van der Waals surface area contributed by atoms with Gasteiger partial charge in [-0.3, -0.25) is 4.79 Å². The van der Waals surface area contributed by atoms with Gasteiger partial charge in [-0.2, -0.15) is 20.3 Å². The van der Waals surface area contributed by atoms with Crippen LogP contribution in [0.1, 0.15) is 16.8 Å². The molecule has 0 saturated carbocycles. The van der Waals surface area contributed by atoms with Gasteiger partial charge in [0, 0.05) is 5.56 Å². The zero-order valence-corrected chi connectivity index (χ0v) is 10.9. The van der Waals surface area contributed by atoms with E-state index in [9.17, 15) is 4.79 Å². The molecule has 0 unspecified atom stereocenters. The van der Waals surface area contributed by atoms with Crippen molar-refractivity contribution in [2.75, 3.05) is 7.11 Å². The van der Waals surface area contributed by atoms with E-state index in [-0.39, 0.29) is 11.3 Å². The van der Waals surface area contributed by atoms with E-state index in [0.717, 1.165) is 4.68 Å². The Bertz CT molecular complexity index is 792. The maximum Gasteiger partial charge on any atom is 0.289 e. The number of nitrogens with zero attached hydrogens (tertiary/aromatic N) is 4. The molecule has 0 N–H and O–H groups in total. The number of aromatic nitrogens is 2. The van der Waals surface area contributed by atoms with E-state index in [2.05, 4.69) is 5.10 Å². The number of ether oxygens (including phenoxy) is 1. The summed E-state index contributed by atoms with van der Waals surface area (Å²) < 4.78 is 6.08. The first kappa shape index (κ1) is 13.3. The number of hydrogen-bond acceptors (Lipinski definition) is 5. The first-order chi connectivity index (χ1) is 9.62. The van der Waals surface area contributed by atoms with E-state index >= 15 is 0 Å². The molecule has 2 aromatic rings. The fourth-order valence-corrected chi connectivity index (χ4v) is 1.74. The number of methoxy groups -OCH3 is 1. The van der Waals surface area contributed by atoms with Crippen molar-refractivity contribution in [3.63, 3.8) is 0 Å². The molecule has 0 fully saturated rings. The van der Waals surface area contributed by atoms with Gasteiger partial charge in [-0.05, 0) is 31.2 Å². The van der Waals surface area contributed by atoms with Gasteiger partial charge in [0.1, 0.15) is 23.5 Å². The summed E-state index contributed by atoms with van der Waals surface area (Å²) in [5.74, 6) is 0.634. The molecule has 1 aromatic heterocycles. The van der Waals surface area contributed by atoms with Gasteiger partial charge >= 0.3 is 0 Å². The van der Waals surface area contributed by atoms with Gasteiger partial charge in [0.15, 0.2) is 5.69 Å². The SMILES string of the molecule is COc1ccc(-n2nc(C#N)c(C)c(C#N)c2=O)cc1. The lowest BCUT2D eigenvalue weighted by Crippen LogP contribution is -2.26. The number of benzene rings is 1. The van der Waals surface area contributed by atoms with Gasteiger partial charge < -0.3 is 4.74 Å². The minimum Gasteiger partial charge on any atom is -0.497 e. The molecule has 20 heavy (non-hydrogen) atoms. The quantitative estimate of drug-likeness (QED) is 0.816. The molecule has 6 nitrogen and oxygen atoms in total. The van der Waals surface area contributed by atoms with Gasteiger partial charge in [-0.25, -0.2) is 0 Å². The molecule has 0 spiro atoms. The van der Waals surface area contributed by atoms with Crippen molar-refractivity contribution < 1.29 is 4.74 Å². The van der Waals surface area contributed by atoms with Crippen LogP contribution in [0, 0.1) is 29.6 Å². The third-order valence-corrected chi connectivity index (χ3v) is 2.87. The van der Waals surface area contributed by atoms with Crippen LogP contribution in [0.15, 0.2) is 29.1 Å². The second-order valence-corrected chi connectivity index (χ2v) is 3.99. The molecule has 98 valence electrons. The summed E-state index contributed by atoms with van der Waals surface area (Å²) >= 11 is 0. The normalized spacial score (nSPS) is 9.60. The largest absolute Gasteiger partial charge is 0.497 e. The summed E-state index contributed by atoms with van der Waals surface area (Å²) in [5.41, 5.74) is 0.187. The Balaban J connectivity index is 2.72. The third kappa shape index (κ3) is 2.11. The van der Waals surface area contributed by atoms with Crippen LogP contribution in [-0.2, 0) is 0 Å². The first-order valence-electron chi connectivity index (χ1n) is 5.71. The number of rotatable bonds is 2. The zero-order chi connectivity index (χ0) is 14.7. The van der Waals surface area contributed by atoms with Crippen molar-refractivity contribution >= 4 is 0 Å². The van der Waals surface area contributed by atoms with Crippen molar-refractivity contribution in [2.45, 2.75) is 6.92 Å². The number of hydrogen-bond donors (Lipinski definition) is 0. The molecular weight excluding hydrogens is 256 g/mol. The molecule has 0 radical (unpaired) electrons. The lowest BCUT2D eigenvalue weighted by atomic mass is 10.1. The Hall–Kier alpha value is -3.12. The molecule has 6 heteroatoms. The Kier molecular flexibility index (Phi) is 3.49. The topological polar surface area (TPSA) is 91.7 Å². The van der Waals surface area contributed by atoms with E-state index in [1.54, 1.807) is 24.3 Å². The highest BCUT2D eigenvalue weighted by atomic mass is 16.5. The molecule has 0 aliphatic rings. The summed E-state index contributed by atoms with van der Waals surface area (Å²) in [6.07, 6.45) is 0. The van der Waals surface area contributed by atoms with Crippen molar-refractivity contribution in [2.24, 2.45) is 0 Å². The van der Waals surface area contributed by atoms with E-state index in [0.29, 0.717) is 17.0 Å². The number of nitriles is 2. The summed E-state index contributed by atoms with van der Waals surface area (Å²) in [4.78, 5) is 12.2. The van der Waals surface area contributed by atoms with Crippen LogP contribution in [0.25, 0.3) is 5.69 Å². The molecular formula is C14H10N4O2. The van der Waals surface area contributed by atoms with Gasteiger partial charge in [0.25, 0.3) is 5.56 Å². The summed E-state index contributed by atoms with van der Waals surface area (Å²) in [7, 11) is 1.53. The minimum atomic E-state index is -0.547. The smallest absolute Gasteiger partial charge is 0.289 e. The molecule has 0 aliphatic carbocycles. The molecule has 1 heterocycles. The Morgan fingerprint density at radius 2 is 1.85 bits per heavy atom. The average molecular weight is 266 g/mol. The highest BCUT2D eigenvalue weighted by Gasteiger charge is 2.14. The van der Waals surface area contributed by atoms with Crippen molar-refractivity contribution in [1.82, 2.24) is 9.78 Å². The molecule has 0 amide bonds. The molecule has 0 atom stereocenters. The first-order valence-corrected chi connectivity index (χ1v) is 5.71. The predicted octanol–water partition coefficient (Wildman–Crippen LogP) is 1.29. The third-order valence-electron chi connectivity index (χ3n) is 2.87. The molecule has 2 rings (SSSR count). The fraction of sp³-hybridized carbons (Fsp3) is 0.143. The maximum atomic E-state index is 12.2. The summed E-state index contributed by atoms with van der Waals surface area (Å²) in [6, 6.07) is 10.3. The lowest BCUT2D eigenvalue weighted by molar-refractivity contribution is 0.414.